The summed E-state index contributed by atoms with van der Waals surface area (Å²) in [6.07, 6.45) is 1.03. The van der Waals surface area contributed by atoms with Crippen LogP contribution in [-0.4, -0.2) is 9.78 Å². The van der Waals surface area contributed by atoms with Gasteiger partial charge in [-0.3, -0.25) is 4.68 Å². The van der Waals surface area contributed by atoms with Crippen LogP contribution in [-0.2, 0) is 13.0 Å². The van der Waals surface area contributed by atoms with E-state index in [1.807, 2.05) is 11.6 Å². The molecule has 54 valence electrons. The van der Waals surface area contributed by atoms with Crippen LogP contribution in [0.15, 0.2) is 6.04 Å². The number of hydrogen-bond acceptors (Lipinski definition) is 1. The predicted octanol–water partition coefficient (Wildman–Crippen LogP) is 1.38. The molecule has 0 amide bonds. The van der Waals surface area contributed by atoms with Gasteiger partial charge < -0.3 is 0 Å². The maximum absolute atomic E-state index is 7.66. The van der Waals surface area contributed by atoms with Crippen molar-refractivity contribution < 1.29 is 1.37 Å². The van der Waals surface area contributed by atoms with Gasteiger partial charge in [0, 0.05) is 12.2 Å². The first kappa shape index (κ1) is 4.94. The quantitative estimate of drug-likeness (QED) is 0.528. The topological polar surface area (TPSA) is 17.8 Å². The highest BCUT2D eigenvalue weighted by Gasteiger charge is 2.17. The van der Waals surface area contributed by atoms with E-state index in [9.17, 15) is 0 Å². The van der Waals surface area contributed by atoms with Crippen molar-refractivity contribution in [3.63, 3.8) is 0 Å². The van der Waals surface area contributed by atoms with Crippen LogP contribution in [0.3, 0.4) is 0 Å². The third-order valence-corrected chi connectivity index (χ3v) is 1.93. The van der Waals surface area contributed by atoms with E-state index in [1.165, 1.54) is 0 Å². The lowest BCUT2D eigenvalue weighted by molar-refractivity contribution is 0.526. The summed E-state index contributed by atoms with van der Waals surface area (Å²) in [5.74, 6) is 0.669. The van der Waals surface area contributed by atoms with Crippen LogP contribution in [0.2, 0.25) is 0 Å². The van der Waals surface area contributed by atoms with E-state index in [0.29, 0.717) is 12.0 Å². The minimum atomic E-state index is 0.648. The van der Waals surface area contributed by atoms with Gasteiger partial charge in [0.25, 0.3) is 0 Å². The lowest BCUT2D eigenvalue weighted by Crippen LogP contribution is -1.99. The van der Waals surface area contributed by atoms with Crippen molar-refractivity contribution in [2.24, 2.45) is 5.92 Å². The Balaban J connectivity index is 2.48. The minimum absolute atomic E-state index is 0.648. The number of nitrogens with zero attached hydrogens (tertiary/aromatic N) is 2. The molecular weight excluding hydrogens is 124 g/mol. The molecule has 0 spiro atoms. The summed E-state index contributed by atoms with van der Waals surface area (Å²) in [5.41, 5.74) is 1.99. The molecule has 1 aromatic heterocycles. The smallest absolute Gasteiger partial charge is 0.0662 e. The number of hydrogen-bond donors (Lipinski definition) is 0. The molecule has 1 aromatic rings. The number of aromatic nitrogens is 2. The fraction of sp³-hybridized carbons (Fsp3) is 0.625. The summed E-state index contributed by atoms with van der Waals surface area (Å²) in [6.45, 7) is 5.09. The molecule has 2 heterocycles. The van der Waals surface area contributed by atoms with Crippen molar-refractivity contribution in [1.82, 2.24) is 9.78 Å². The maximum atomic E-state index is 7.66. The normalized spacial score (nSPS) is 24.6. The average molecular weight is 137 g/mol. The third kappa shape index (κ3) is 0.753. The minimum Gasteiger partial charge on any atom is -0.269 e. The number of aryl methyl sites for hydroxylation is 1. The van der Waals surface area contributed by atoms with Crippen molar-refractivity contribution in [2.45, 2.75) is 26.8 Å². The fourth-order valence-electron chi connectivity index (χ4n) is 1.54. The molecule has 0 N–H and O–H groups in total. The standard InChI is InChI=1S/C8H12N2/c1-6-3-8-4-7(2)9-10(8)5-6/h4,6H,3,5H2,1-2H3/i4D. The van der Waals surface area contributed by atoms with E-state index in [0.717, 1.165) is 24.4 Å². The Morgan fingerprint density at radius 1 is 1.90 bits per heavy atom. The summed E-state index contributed by atoms with van der Waals surface area (Å²) in [6, 6.07) is 0.648. The molecule has 0 saturated carbocycles. The van der Waals surface area contributed by atoms with E-state index in [4.69, 9.17) is 1.37 Å². The molecule has 10 heavy (non-hydrogen) atoms. The molecule has 2 rings (SSSR count). The Morgan fingerprint density at radius 3 is 3.40 bits per heavy atom. The molecule has 2 nitrogen and oxygen atoms in total. The van der Waals surface area contributed by atoms with Gasteiger partial charge in [0.1, 0.15) is 0 Å². The van der Waals surface area contributed by atoms with Crippen LogP contribution >= 0.6 is 0 Å². The Kier molecular flexibility index (Phi) is 0.911. The first-order valence-corrected chi connectivity index (χ1v) is 3.71. The molecule has 0 radical (unpaired) electrons. The van der Waals surface area contributed by atoms with Gasteiger partial charge in [0.05, 0.1) is 7.06 Å². The molecular formula is C8H12N2. The second-order valence-corrected chi connectivity index (χ2v) is 3.15. The molecule has 0 bridgehead atoms. The van der Waals surface area contributed by atoms with Crippen LogP contribution in [0.4, 0.5) is 0 Å². The lowest BCUT2D eigenvalue weighted by Gasteiger charge is -1.95. The summed E-state index contributed by atoms with van der Waals surface area (Å²) < 4.78 is 9.64. The second-order valence-electron chi connectivity index (χ2n) is 3.15. The molecule has 1 aliphatic heterocycles. The number of fused-ring (bicyclic) bond motifs is 1. The summed E-state index contributed by atoms with van der Waals surface area (Å²) in [5, 5.41) is 4.27. The van der Waals surface area contributed by atoms with Gasteiger partial charge in [0.2, 0.25) is 0 Å². The summed E-state index contributed by atoms with van der Waals surface area (Å²) in [7, 11) is 0. The molecule has 1 aliphatic rings. The Labute approximate surface area is 62.3 Å². The van der Waals surface area contributed by atoms with Gasteiger partial charge in [-0.2, -0.15) is 5.10 Å². The van der Waals surface area contributed by atoms with Crippen LogP contribution < -0.4 is 0 Å². The van der Waals surface area contributed by atoms with Gasteiger partial charge in [0.15, 0.2) is 0 Å². The van der Waals surface area contributed by atoms with Crippen molar-refractivity contribution in [3.05, 3.63) is 17.4 Å². The molecule has 1 atom stereocenters. The third-order valence-electron chi connectivity index (χ3n) is 1.93. The zero-order valence-electron chi connectivity index (χ0n) is 7.39. The molecule has 0 fully saturated rings. The highest BCUT2D eigenvalue weighted by Crippen LogP contribution is 2.19. The zero-order valence-corrected chi connectivity index (χ0v) is 6.39. The average Bonchev–Trinajstić information content (AvgIpc) is 2.37. The van der Waals surface area contributed by atoms with Crippen molar-refractivity contribution in [3.8, 4) is 0 Å². The monoisotopic (exact) mass is 137 g/mol. The highest BCUT2D eigenvalue weighted by molar-refractivity contribution is 5.12. The van der Waals surface area contributed by atoms with Crippen molar-refractivity contribution in [2.75, 3.05) is 0 Å². The molecule has 1 unspecified atom stereocenters. The summed E-state index contributed by atoms with van der Waals surface area (Å²) in [4.78, 5) is 0. The van der Waals surface area contributed by atoms with Gasteiger partial charge in [-0.1, -0.05) is 6.92 Å². The van der Waals surface area contributed by atoms with Crippen molar-refractivity contribution in [1.29, 1.82) is 0 Å². The van der Waals surface area contributed by atoms with E-state index in [2.05, 4.69) is 12.0 Å². The van der Waals surface area contributed by atoms with E-state index >= 15 is 0 Å². The van der Waals surface area contributed by atoms with E-state index in [-0.39, 0.29) is 0 Å². The van der Waals surface area contributed by atoms with Gasteiger partial charge in [-0.05, 0) is 25.3 Å². The Hall–Kier alpha value is -0.790. The zero-order chi connectivity index (χ0) is 8.01. The predicted molar refractivity (Wildman–Crippen MR) is 39.8 cm³/mol. The van der Waals surface area contributed by atoms with Gasteiger partial charge in [-0.15, -0.1) is 0 Å². The largest absolute Gasteiger partial charge is 0.269 e. The Bertz CT molecular complexity index is 291. The fourth-order valence-corrected chi connectivity index (χ4v) is 1.54. The van der Waals surface area contributed by atoms with Crippen LogP contribution in [0.1, 0.15) is 19.7 Å². The highest BCUT2D eigenvalue weighted by atomic mass is 15.3. The van der Waals surface area contributed by atoms with E-state index < -0.39 is 0 Å². The summed E-state index contributed by atoms with van der Waals surface area (Å²) >= 11 is 0. The molecule has 2 heteroatoms. The first-order valence-electron chi connectivity index (χ1n) is 4.21. The molecule has 0 saturated heterocycles. The first-order chi connectivity index (χ1) is 5.18. The van der Waals surface area contributed by atoms with Gasteiger partial charge in [-0.25, -0.2) is 0 Å². The second kappa shape index (κ2) is 1.84. The maximum Gasteiger partial charge on any atom is 0.0662 e. The van der Waals surface area contributed by atoms with Crippen LogP contribution in [0.5, 0.6) is 0 Å². The molecule has 0 aromatic carbocycles. The van der Waals surface area contributed by atoms with Gasteiger partial charge >= 0.3 is 0 Å². The number of rotatable bonds is 0. The van der Waals surface area contributed by atoms with Crippen LogP contribution in [0.25, 0.3) is 0 Å². The Morgan fingerprint density at radius 2 is 2.70 bits per heavy atom. The molecule has 0 aliphatic carbocycles. The van der Waals surface area contributed by atoms with Crippen molar-refractivity contribution >= 4 is 0 Å². The van der Waals surface area contributed by atoms with E-state index in [1.54, 1.807) is 0 Å². The SMILES string of the molecule is [2H]c1c(C)nn2c1CC(C)C2. The lowest BCUT2D eigenvalue weighted by atomic mass is 10.1. The van der Waals surface area contributed by atoms with Crippen LogP contribution in [0, 0.1) is 12.8 Å².